The maximum absolute atomic E-state index is 10.0. The Morgan fingerprint density at radius 2 is 1.83 bits per heavy atom. The molecule has 0 saturated heterocycles. The van der Waals surface area contributed by atoms with Crippen molar-refractivity contribution in [3.8, 4) is 11.5 Å². The molecule has 0 bridgehead atoms. The SMILES string of the molecule is Oc1ccc(C(O)CNC2CCCCC2)cc1O. The first kappa shape index (κ1) is 13.2. The van der Waals surface area contributed by atoms with E-state index in [1.807, 2.05) is 0 Å². The summed E-state index contributed by atoms with van der Waals surface area (Å²) in [5, 5.41) is 32.0. The number of aliphatic hydroxyl groups is 1. The summed E-state index contributed by atoms with van der Waals surface area (Å²) < 4.78 is 0. The molecule has 1 fully saturated rings. The molecule has 4 heteroatoms. The summed E-state index contributed by atoms with van der Waals surface area (Å²) >= 11 is 0. The molecule has 1 aliphatic carbocycles. The van der Waals surface area contributed by atoms with Crippen LogP contribution in [-0.2, 0) is 0 Å². The van der Waals surface area contributed by atoms with Crippen molar-refractivity contribution in [2.45, 2.75) is 44.2 Å². The number of rotatable bonds is 4. The highest BCUT2D eigenvalue weighted by molar-refractivity contribution is 5.41. The van der Waals surface area contributed by atoms with Crippen LogP contribution in [0.2, 0.25) is 0 Å². The third-order valence-electron chi connectivity index (χ3n) is 3.59. The summed E-state index contributed by atoms with van der Waals surface area (Å²) in [6.45, 7) is 0.481. The van der Waals surface area contributed by atoms with Crippen LogP contribution < -0.4 is 5.32 Å². The minimum Gasteiger partial charge on any atom is -0.504 e. The van der Waals surface area contributed by atoms with E-state index >= 15 is 0 Å². The number of aliphatic hydroxyl groups excluding tert-OH is 1. The average molecular weight is 251 g/mol. The van der Waals surface area contributed by atoms with Gasteiger partial charge in [0.15, 0.2) is 11.5 Å². The molecule has 1 aromatic carbocycles. The smallest absolute Gasteiger partial charge is 0.157 e. The largest absolute Gasteiger partial charge is 0.504 e. The molecule has 0 aliphatic heterocycles. The number of nitrogens with one attached hydrogen (secondary N) is 1. The molecule has 100 valence electrons. The standard InChI is InChI=1S/C14H21NO3/c16-12-7-6-10(8-13(12)17)14(18)9-15-11-4-2-1-3-5-11/h6-8,11,14-18H,1-5,9H2. The summed E-state index contributed by atoms with van der Waals surface area (Å²) in [6, 6.07) is 4.93. The highest BCUT2D eigenvalue weighted by atomic mass is 16.3. The van der Waals surface area contributed by atoms with E-state index in [-0.39, 0.29) is 11.5 Å². The number of benzene rings is 1. The summed E-state index contributed by atoms with van der Waals surface area (Å²) in [4.78, 5) is 0. The molecule has 0 heterocycles. The van der Waals surface area contributed by atoms with E-state index in [2.05, 4.69) is 5.32 Å². The molecule has 1 aromatic rings. The maximum atomic E-state index is 10.0. The van der Waals surface area contributed by atoms with Gasteiger partial charge in [-0.3, -0.25) is 0 Å². The lowest BCUT2D eigenvalue weighted by molar-refractivity contribution is 0.165. The van der Waals surface area contributed by atoms with Gasteiger partial charge in [-0.15, -0.1) is 0 Å². The molecule has 0 spiro atoms. The van der Waals surface area contributed by atoms with Crippen LogP contribution in [-0.4, -0.2) is 27.9 Å². The maximum Gasteiger partial charge on any atom is 0.157 e. The second-order valence-corrected chi connectivity index (χ2v) is 5.01. The molecule has 1 aliphatic rings. The van der Waals surface area contributed by atoms with E-state index in [1.165, 1.54) is 44.2 Å². The molecule has 4 N–H and O–H groups in total. The zero-order valence-corrected chi connectivity index (χ0v) is 10.5. The van der Waals surface area contributed by atoms with Crippen LogP contribution in [0.1, 0.15) is 43.8 Å². The minimum absolute atomic E-state index is 0.161. The van der Waals surface area contributed by atoms with E-state index in [4.69, 9.17) is 0 Å². The van der Waals surface area contributed by atoms with Crippen molar-refractivity contribution in [1.29, 1.82) is 0 Å². The number of phenolic OH excluding ortho intramolecular Hbond substituents is 2. The van der Waals surface area contributed by atoms with Gasteiger partial charge in [-0.1, -0.05) is 25.3 Å². The summed E-state index contributed by atoms with van der Waals surface area (Å²) in [7, 11) is 0. The minimum atomic E-state index is -0.654. The van der Waals surface area contributed by atoms with Gasteiger partial charge in [0.1, 0.15) is 0 Å². The van der Waals surface area contributed by atoms with Crippen molar-refractivity contribution in [1.82, 2.24) is 5.32 Å². The van der Waals surface area contributed by atoms with Crippen LogP contribution in [0.15, 0.2) is 18.2 Å². The Balaban J connectivity index is 1.86. The van der Waals surface area contributed by atoms with Gasteiger partial charge in [-0.05, 0) is 30.5 Å². The van der Waals surface area contributed by atoms with Crippen molar-refractivity contribution >= 4 is 0 Å². The van der Waals surface area contributed by atoms with Gasteiger partial charge in [0.05, 0.1) is 6.10 Å². The quantitative estimate of drug-likeness (QED) is 0.618. The first-order valence-electron chi connectivity index (χ1n) is 6.60. The van der Waals surface area contributed by atoms with Gasteiger partial charge in [0.25, 0.3) is 0 Å². The fourth-order valence-corrected chi connectivity index (χ4v) is 2.45. The molecule has 4 nitrogen and oxygen atoms in total. The molecule has 18 heavy (non-hydrogen) atoms. The Morgan fingerprint density at radius 3 is 2.50 bits per heavy atom. The van der Waals surface area contributed by atoms with E-state index in [0.717, 1.165) is 0 Å². The second-order valence-electron chi connectivity index (χ2n) is 5.01. The van der Waals surface area contributed by atoms with Crippen LogP contribution in [0.3, 0.4) is 0 Å². The molecule has 1 saturated carbocycles. The van der Waals surface area contributed by atoms with E-state index in [0.29, 0.717) is 18.2 Å². The van der Waals surface area contributed by atoms with Crippen molar-refractivity contribution in [3.63, 3.8) is 0 Å². The highest BCUT2D eigenvalue weighted by Gasteiger charge is 2.15. The lowest BCUT2D eigenvalue weighted by Gasteiger charge is -2.24. The molecule has 1 atom stereocenters. The van der Waals surface area contributed by atoms with Crippen LogP contribution in [0.5, 0.6) is 11.5 Å². The molecule has 0 radical (unpaired) electrons. The van der Waals surface area contributed by atoms with Crippen LogP contribution in [0.25, 0.3) is 0 Å². The van der Waals surface area contributed by atoms with Crippen LogP contribution in [0.4, 0.5) is 0 Å². The number of hydrogen-bond donors (Lipinski definition) is 4. The van der Waals surface area contributed by atoms with E-state index < -0.39 is 6.10 Å². The van der Waals surface area contributed by atoms with Gasteiger partial charge in [0.2, 0.25) is 0 Å². The van der Waals surface area contributed by atoms with Crippen LogP contribution >= 0.6 is 0 Å². The van der Waals surface area contributed by atoms with E-state index in [1.54, 1.807) is 6.07 Å². The molecule has 0 amide bonds. The zero-order valence-electron chi connectivity index (χ0n) is 10.5. The number of phenols is 2. The fraction of sp³-hybridized carbons (Fsp3) is 0.571. The summed E-state index contributed by atoms with van der Waals surface area (Å²) in [6.07, 6.45) is 5.52. The Bertz CT molecular complexity index is 389. The predicted octanol–water partition coefficient (Wildman–Crippen LogP) is 2.05. The monoisotopic (exact) mass is 251 g/mol. The lowest BCUT2D eigenvalue weighted by atomic mass is 9.95. The Kier molecular flexibility index (Phi) is 4.44. The highest BCUT2D eigenvalue weighted by Crippen LogP contribution is 2.27. The summed E-state index contributed by atoms with van der Waals surface area (Å²) in [5.41, 5.74) is 0.619. The Labute approximate surface area is 107 Å². The van der Waals surface area contributed by atoms with Crippen LogP contribution in [0, 0.1) is 0 Å². The molecule has 1 unspecified atom stereocenters. The topological polar surface area (TPSA) is 72.7 Å². The Hall–Kier alpha value is -1.26. The van der Waals surface area contributed by atoms with Crippen molar-refractivity contribution in [2.75, 3.05) is 6.54 Å². The first-order valence-corrected chi connectivity index (χ1v) is 6.60. The van der Waals surface area contributed by atoms with Gasteiger partial charge < -0.3 is 20.6 Å². The van der Waals surface area contributed by atoms with Gasteiger partial charge in [0, 0.05) is 12.6 Å². The second kappa shape index (κ2) is 6.07. The van der Waals surface area contributed by atoms with Gasteiger partial charge >= 0.3 is 0 Å². The van der Waals surface area contributed by atoms with Gasteiger partial charge in [-0.2, -0.15) is 0 Å². The van der Waals surface area contributed by atoms with Crippen molar-refractivity contribution in [2.24, 2.45) is 0 Å². The first-order chi connectivity index (χ1) is 8.66. The number of hydrogen-bond acceptors (Lipinski definition) is 4. The van der Waals surface area contributed by atoms with Crippen molar-refractivity contribution < 1.29 is 15.3 Å². The van der Waals surface area contributed by atoms with Crippen molar-refractivity contribution in [3.05, 3.63) is 23.8 Å². The predicted molar refractivity (Wildman–Crippen MR) is 69.6 cm³/mol. The fourth-order valence-electron chi connectivity index (χ4n) is 2.45. The van der Waals surface area contributed by atoms with Gasteiger partial charge in [-0.25, -0.2) is 0 Å². The average Bonchev–Trinajstić information content (AvgIpc) is 2.40. The molecular formula is C14H21NO3. The Morgan fingerprint density at radius 1 is 1.11 bits per heavy atom. The third kappa shape index (κ3) is 3.37. The number of aromatic hydroxyl groups is 2. The third-order valence-corrected chi connectivity index (χ3v) is 3.59. The zero-order chi connectivity index (χ0) is 13.0. The molecular weight excluding hydrogens is 230 g/mol. The lowest BCUT2D eigenvalue weighted by Crippen LogP contribution is -2.34. The molecule has 2 rings (SSSR count). The summed E-state index contributed by atoms with van der Waals surface area (Å²) in [5.74, 6) is -0.351. The molecule has 0 aromatic heterocycles. The van der Waals surface area contributed by atoms with E-state index in [9.17, 15) is 15.3 Å². The normalized spacial score (nSPS) is 18.7.